The van der Waals surface area contributed by atoms with Crippen molar-refractivity contribution in [1.82, 2.24) is 5.32 Å². The van der Waals surface area contributed by atoms with Crippen molar-refractivity contribution in [3.05, 3.63) is 22.7 Å². The van der Waals surface area contributed by atoms with Gasteiger partial charge in [-0.2, -0.15) is 0 Å². The Morgan fingerprint density at radius 2 is 2.25 bits per heavy atom. The van der Waals surface area contributed by atoms with E-state index in [1.807, 2.05) is 0 Å². The number of rotatable bonds is 7. The maximum Gasteiger partial charge on any atom is 0.257 e. The fraction of sp³-hybridized carbons (Fsp3) is 0.500. The summed E-state index contributed by atoms with van der Waals surface area (Å²) in [5, 5.41) is 3.36. The van der Waals surface area contributed by atoms with Crippen molar-refractivity contribution in [3.8, 4) is 11.5 Å². The van der Waals surface area contributed by atoms with E-state index in [4.69, 9.17) is 26.8 Å². The Balaban J connectivity index is 1.97. The molecule has 0 aliphatic heterocycles. The third kappa shape index (κ3) is 4.02. The Morgan fingerprint density at radius 1 is 1.50 bits per heavy atom. The van der Waals surface area contributed by atoms with Crippen LogP contribution in [0.25, 0.3) is 0 Å². The molecule has 2 rings (SSSR count). The van der Waals surface area contributed by atoms with Crippen LogP contribution in [0.15, 0.2) is 12.1 Å². The molecular weight excluding hydrogens is 280 g/mol. The average molecular weight is 299 g/mol. The summed E-state index contributed by atoms with van der Waals surface area (Å²) < 4.78 is 10.8. The second-order valence-corrected chi connectivity index (χ2v) is 5.27. The number of ether oxygens (including phenoxy) is 2. The number of hydrogen-bond acceptors (Lipinski definition) is 4. The highest BCUT2D eigenvalue weighted by Gasteiger charge is 2.22. The van der Waals surface area contributed by atoms with Crippen LogP contribution in [-0.4, -0.2) is 26.2 Å². The minimum Gasteiger partial charge on any atom is -0.493 e. The Labute approximate surface area is 123 Å². The number of nitrogens with two attached hydrogens (primary N) is 1. The molecule has 0 radical (unpaired) electrons. The van der Waals surface area contributed by atoms with E-state index in [0.29, 0.717) is 28.0 Å². The van der Waals surface area contributed by atoms with Crippen molar-refractivity contribution in [3.63, 3.8) is 0 Å². The fourth-order valence-corrected chi connectivity index (χ4v) is 2.09. The molecule has 110 valence electrons. The summed E-state index contributed by atoms with van der Waals surface area (Å²) >= 11 is 5.96. The van der Waals surface area contributed by atoms with E-state index in [2.05, 4.69) is 5.32 Å². The van der Waals surface area contributed by atoms with Gasteiger partial charge in [0.25, 0.3) is 5.91 Å². The molecule has 3 N–H and O–H groups in total. The first-order valence-corrected chi connectivity index (χ1v) is 6.97. The van der Waals surface area contributed by atoms with E-state index in [0.717, 1.165) is 6.54 Å². The van der Waals surface area contributed by atoms with Crippen LogP contribution >= 0.6 is 11.6 Å². The van der Waals surface area contributed by atoms with Crippen molar-refractivity contribution < 1.29 is 14.3 Å². The lowest BCUT2D eigenvalue weighted by Crippen LogP contribution is -2.30. The molecule has 1 aromatic carbocycles. The van der Waals surface area contributed by atoms with Crippen LogP contribution in [-0.2, 0) is 11.3 Å². The molecule has 1 saturated carbocycles. The second-order valence-electron chi connectivity index (χ2n) is 4.84. The van der Waals surface area contributed by atoms with Gasteiger partial charge in [-0.25, -0.2) is 0 Å². The first-order chi connectivity index (χ1) is 9.63. The van der Waals surface area contributed by atoms with Gasteiger partial charge >= 0.3 is 0 Å². The largest absolute Gasteiger partial charge is 0.493 e. The molecule has 0 atom stereocenters. The number of amides is 1. The molecule has 0 unspecified atom stereocenters. The highest BCUT2D eigenvalue weighted by molar-refractivity contribution is 6.30. The first kappa shape index (κ1) is 14.9. The Hall–Kier alpha value is -1.46. The standard InChI is InChI=1S/C14H19ClN2O3/c1-19-12-5-11(15)4-10(6-16)14(12)20-8-13(18)17-7-9-2-3-9/h4-5,9H,2-3,6-8,16H2,1H3,(H,17,18). The maximum absolute atomic E-state index is 11.7. The normalized spacial score (nSPS) is 13.9. The third-order valence-corrected chi connectivity index (χ3v) is 3.39. The molecule has 20 heavy (non-hydrogen) atoms. The van der Waals surface area contributed by atoms with E-state index in [1.165, 1.54) is 20.0 Å². The molecule has 1 aliphatic rings. The number of hydrogen-bond donors (Lipinski definition) is 2. The predicted octanol–water partition coefficient (Wildman–Crippen LogP) is 1.71. The zero-order valence-electron chi connectivity index (χ0n) is 11.4. The van der Waals surface area contributed by atoms with Crippen molar-refractivity contribution >= 4 is 17.5 Å². The third-order valence-electron chi connectivity index (χ3n) is 3.17. The quantitative estimate of drug-likeness (QED) is 0.804. The van der Waals surface area contributed by atoms with Crippen LogP contribution in [0.2, 0.25) is 5.02 Å². The molecule has 0 heterocycles. The van der Waals surface area contributed by atoms with Gasteiger partial charge in [0.05, 0.1) is 7.11 Å². The predicted molar refractivity (Wildman–Crippen MR) is 77.1 cm³/mol. The van der Waals surface area contributed by atoms with E-state index < -0.39 is 0 Å². The summed E-state index contributed by atoms with van der Waals surface area (Å²) in [7, 11) is 1.52. The van der Waals surface area contributed by atoms with Gasteiger partial charge in [0.15, 0.2) is 18.1 Å². The summed E-state index contributed by atoms with van der Waals surface area (Å²) in [4.78, 5) is 11.7. The Morgan fingerprint density at radius 3 is 2.85 bits per heavy atom. The Kier molecular flexibility index (Phi) is 5.09. The van der Waals surface area contributed by atoms with Crippen molar-refractivity contribution in [2.45, 2.75) is 19.4 Å². The smallest absolute Gasteiger partial charge is 0.257 e. The van der Waals surface area contributed by atoms with Gasteiger partial charge in [-0.1, -0.05) is 11.6 Å². The summed E-state index contributed by atoms with van der Waals surface area (Å²) in [5.74, 6) is 1.45. The Bertz CT molecular complexity index is 464. The summed E-state index contributed by atoms with van der Waals surface area (Å²) in [6, 6.07) is 3.35. The average Bonchev–Trinajstić information content (AvgIpc) is 3.26. The van der Waals surface area contributed by atoms with E-state index in [1.54, 1.807) is 12.1 Å². The summed E-state index contributed by atoms with van der Waals surface area (Å²) in [6.45, 7) is 0.928. The number of methoxy groups -OCH3 is 1. The lowest BCUT2D eigenvalue weighted by molar-refractivity contribution is -0.123. The molecule has 6 heteroatoms. The minimum absolute atomic E-state index is 0.0578. The van der Waals surface area contributed by atoms with Crippen LogP contribution in [0.3, 0.4) is 0 Å². The minimum atomic E-state index is -0.142. The first-order valence-electron chi connectivity index (χ1n) is 6.60. The van der Waals surface area contributed by atoms with Gasteiger partial charge < -0.3 is 20.5 Å². The molecule has 5 nitrogen and oxygen atoms in total. The zero-order chi connectivity index (χ0) is 14.5. The molecule has 0 bridgehead atoms. The van der Waals surface area contributed by atoms with E-state index in [-0.39, 0.29) is 19.1 Å². The number of carbonyl (C=O) groups is 1. The van der Waals surface area contributed by atoms with Gasteiger partial charge in [-0.05, 0) is 24.8 Å². The van der Waals surface area contributed by atoms with Crippen LogP contribution < -0.4 is 20.5 Å². The van der Waals surface area contributed by atoms with Crippen molar-refractivity contribution in [1.29, 1.82) is 0 Å². The lowest BCUT2D eigenvalue weighted by Gasteiger charge is -2.14. The van der Waals surface area contributed by atoms with Crippen LogP contribution in [0.1, 0.15) is 18.4 Å². The molecule has 1 aromatic rings. The molecule has 0 saturated heterocycles. The van der Waals surface area contributed by atoms with Gasteiger partial charge in [0.1, 0.15) is 0 Å². The van der Waals surface area contributed by atoms with Gasteiger partial charge in [-0.3, -0.25) is 4.79 Å². The molecule has 1 fully saturated rings. The van der Waals surface area contributed by atoms with Gasteiger partial charge in [0.2, 0.25) is 0 Å². The molecular formula is C14H19ClN2O3. The SMILES string of the molecule is COc1cc(Cl)cc(CN)c1OCC(=O)NCC1CC1. The second kappa shape index (κ2) is 6.81. The van der Waals surface area contributed by atoms with Crippen molar-refractivity contribution in [2.75, 3.05) is 20.3 Å². The lowest BCUT2D eigenvalue weighted by atomic mass is 10.2. The molecule has 0 spiro atoms. The highest BCUT2D eigenvalue weighted by atomic mass is 35.5. The van der Waals surface area contributed by atoms with E-state index >= 15 is 0 Å². The van der Waals surface area contributed by atoms with E-state index in [9.17, 15) is 4.79 Å². The molecule has 1 amide bonds. The monoisotopic (exact) mass is 298 g/mol. The van der Waals surface area contributed by atoms with Crippen LogP contribution in [0, 0.1) is 5.92 Å². The number of halogens is 1. The van der Waals surface area contributed by atoms with Crippen molar-refractivity contribution in [2.24, 2.45) is 11.7 Å². The van der Waals surface area contributed by atoms with Gasteiger partial charge in [0, 0.05) is 29.7 Å². The van der Waals surface area contributed by atoms with Crippen LogP contribution in [0.5, 0.6) is 11.5 Å². The van der Waals surface area contributed by atoms with Crippen LogP contribution in [0.4, 0.5) is 0 Å². The summed E-state index contributed by atoms with van der Waals surface area (Å²) in [5.41, 5.74) is 6.37. The number of benzene rings is 1. The number of nitrogens with one attached hydrogen (secondary N) is 1. The maximum atomic E-state index is 11.7. The molecule has 1 aliphatic carbocycles. The fourth-order valence-electron chi connectivity index (χ4n) is 1.86. The topological polar surface area (TPSA) is 73.6 Å². The molecule has 0 aromatic heterocycles. The highest BCUT2D eigenvalue weighted by Crippen LogP contribution is 2.34. The number of carbonyl (C=O) groups excluding carboxylic acids is 1. The summed E-state index contributed by atoms with van der Waals surface area (Å²) in [6.07, 6.45) is 2.40. The van der Waals surface area contributed by atoms with Gasteiger partial charge in [-0.15, -0.1) is 0 Å². The zero-order valence-corrected chi connectivity index (χ0v) is 12.2.